The SMILES string of the molecule is C=CC1C[C@@]1(C(N)=O)C(=O)OC. The predicted octanol–water partition coefficient (Wildman–Crippen LogP) is -0.163. The summed E-state index contributed by atoms with van der Waals surface area (Å²) in [6.45, 7) is 3.50. The molecule has 1 rings (SSSR count). The van der Waals surface area contributed by atoms with Crippen LogP contribution in [0.3, 0.4) is 0 Å². The molecule has 0 aromatic rings. The molecule has 0 heterocycles. The van der Waals surface area contributed by atoms with Crippen LogP contribution in [-0.2, 0) is 14.3 Å². The van der Waals surface area contributed by atoms with E-state index in [0.29, 0.717) is 6.42 Å². The molecule has 0 saturated heterocycles. The van der Waals surface area contributed by atoms with Crippen LogP contribution < -0.4 is 5.73 Å². The van der Waals surface area contributed by atoms with E-state index in [2.05, 4.69) is 11.3 Å². The molecule has 1 saturated carbocycles. The van der Waals surface area contributed by atoms with Crippen molar-refractivity contribution in [2.45, 2.75) is 6.42 Å². The second kappa shape index (κ2) is 2.62. The largest absolute Gasteiger partial charge is 0.468 e. The van der Waals surface area contributed by atoms with Crippen molar-refractivity contribution in [1.29, 1.82) is 0 Å². The first-order chi connectivity index (χ1) is 5.59. The minimum atomic E-state index is -1.11. The lowest BCUT2D eigenvalue weighted by atomic mass is 10.0. The van der Waals surface area contributed by atoms with Gasteiger partial charge in [-0.2, -0.15) is 0 Å². The molecule has 1 unspecified atom stereocenters. The summed E-state index contributed by atoms with van der Waals surface area (Å²) in [7, 11) is 1.24. The molecule has 12 heavy (non-hydrogen) atoms. The van der Waals surface area contributed by atoms with E-state index >= 15 is 0 Å². The number of esters is 1. The summed E-state index contributed by atoms with van der Waals surface area (Å²) < 4.78 is 4.48. The maximum absolute atomic E-state index is 11.1. The minimum Gasteiger partial charge on any atom is -0.468 e. The number of allylic oxidation sites excluding steroid dienone is 1. The Morgan fingerprint density at radius 3 is 2.58 bits per heavy atom. The molecular weight excluding hydrogens is 158 g/mol. The smallest absolute Gasteiger partial charge is 0.321 e. The standard InChI is InChI=1S/C8H11NO3/c1-3-5-4-8(5,6(9)10)7(11)12-2/h3,5H,1,4H2,2H3,(H2,9,10)/t5?,8-/m1/s1. The minimum absolute atomic E-state index is 0.151. The van der Waals surface area contributed by atoms with Gasteiger partial charge in [0.2, 0.25) is 5.91 Å². The first-order valence-corrected chi connectivity index (χ1v) is 3.60. The van der Waals surface area contributed by atoms with Crippen LogP contribution >= 0.6 is 0 Å². The van der Waals surface area contributed by atoms with E-state index in [-0.39, 0.29) is 5.92 Å². The lowest BCUT2D eigenvalue weighted by Gasteiger charge is -2.08. The number of nitrogens with two attached hydrogens (primary N) is 1. The van der Waals surface area contributed by atoms with E-state index in [1.165, 1.54) is 7.11 Å². The highest BCUT2D eigenvalue weighted by atomic mass is 16.5. The Balaban J connectivity index is 2.85. The predicted molar refractivity (Wildman–Crippen MR) is 41.9 cm³/mol. The third-order valence-corrected chi connectivity index (χ3v) is 2.29. The lowest BCUT2D eigenvalue weighted by Crippen LogP contribution is -2.34. The fourth-order valence-corrected chi connectivity index (χ4v) is 1.37. The van der Waals surface area contributed by atoms with Crippen molar-refractivity contribution in [3.63, 3.8) is 0 Å². The van der Waals surface area contributed by atoms with Crippen LogP contribution in [0.15, 0.2) is 12.7 Å². The Kier molecular flexibility index (Phi) is 1.92. The monoisotopic (exact) mass is 169 g/mol. The molecule has 0 aromatic carbocycles. The summed E-state index contributed by atoms with van der Waals surface area (Å²) in [5, 5.41) is 0. The van der Waals surface area contributed by atoms with Gasteiger partial charge in [-0.25, -0.2) is 0 Å². The van der Waals surface area contributed by atoms with E-state index in [1.54, 1.807) is 6.08 Å². The molecule has 0 bridgehead atoms. The fourth-order valence-electron chi connectivity index (χ4n) is 1.37. The average Bonchev–Trinajstić information content (AvgIpc) is 2.78. The molecule has 0 aromatic heterocycles. The zero-order valence-electron chi connectivity index (χ0n) is 6.87. The number of carbonyl (C=O) groups excluding carboxylic acids is 2. The van der Waals surface area contributed by atoms with Gasteiger partial charge < -0.3 is 10.5 Å². The van der Waals surface area contributed by atoms with Gasteiger partial charge in [-0.3, -0.25) is 9.59 Å². The molecule has 0 radical (unpaired) electrons. The van der Waals surface area contributed by atoms with Gasteiger partial charge in [0.25, 0.3) is 0 Å². The summed E-state index contributed by atoms with van der Waals surface area (Å²) in [6.07, 6.45) is 1.99. The average molecular weight is 169 g/mol. The number of carbonyl (C=O) groups is 2. The Bertz CT molecular complexity index is 249. The molecule has 1 aliphatic rings. The van der Waals surface area contributed by atoms with Crippen LogP contribution in [0.4, 0.5) is 0 Å². The molecule has 0 spiro atoms. The molecular formula is C8H11NO3. The Morgan fingerprint density at radius 2 is 2.33 bits per heavy atom. The van der Waals surface area contributed by atoms with Gasteiger partial charge in [-0.1, -0.05) is 6.08 Å². The Labute approximate surface area is 70.4 Å². The number of hydrogen-bond acceptors (Lipinski definition) is 3. The van der Waals surface area contributed by atoms with Crippen molar-refractivity contribution in [2.24, 2.45) is 17.1 Å². The highest BCUT2D eigenvalue weighted by Crippen LogP contribution is 2.53. The van der Waals surface area contributed by atoms with Gasteiger partial charge in [-0.05, 0) is 6.42 Å². The van der Waals surface area contributed by atoms with Gasteiger partial charge in [0.15, 0.2) is 5.41 Å². The molecule has 66 valence electrons. The topological polar surface area (TPSA) is 69.4 Å². The van der Waals surface area contributed by atoms with Gasteiger partial charge in [0, 0.05) is 5.92 Å². The van der Waals surface area contributed by atoms with E-state index in [9.17, 15) is 9.59 Å². The highest BCUT2D eigenvalue weighted by molar-refractivity contribution is 6.05. The van der Waals surface area contributed by atoms with Crippen molar-refractivity contribution in [2.75, 3.05) is 7.11 Å². The number of ether oxygens (including phenoxy) is 1. The second-order valence-electron chi connectivity index (χ2n) is 2.87. The molecule has 1 amide bonds. The van der Waals surface area contributed by atoms with Crippen molar-refractivity contribution >= 4 is 11.9 Å². The summed E-state index contributed by atoms with van der Waals surface area (Å²) in [5.74, 6) is -1.33. The summed E-state index contributed by atoms with van der Waals surface area (Å²) in [6, 6.07) is 0. The van der Waals surface area contributed by atoms with E-state index in [0.717, 1.165) is 0 Å². The van der Waals surface area contributed by atoms with Gasteiger partial charge in [-0.15, -0.1) is 6.58 Å². The quantitative estimate of drug-likeness (QED) is 0.362. The number of methoxy groups -OCH3 is 1. The van der Waals surface area contributed by atoms with Gasteiger partial charge in [0.05, 0.1) is 7.11 Å². The highest BCUT2D eigenvalue weighted by Gasteiger charge is 2.64. The van der Waals surface area contributed by atoms with Crippen molar-refractivity contribution in [3.05, 3.63) is 12.7 Å². The summed E-state index contributed by atoms with van der Waals surface area (Å²) >= 11 is 0. The first-order valence-electron chi connectivity index (χ1n) is 3.60. The van der Waals surface area contributed by atoms with Crippen LogP contribution in [-0.4, -0.2) is 19.0 Å². The van der Waals surface area contributed by atoms with Crippen molar-refractivity contribution in [1.82, 2.24) is 0 Å². The maximum atomic E-state index is 11.1. The normalized spacial score (nSPS) is 32.2. The molecule has 2 atom stereocenters. The van der Waals surface area contributed by atoms with Crippen LogP contribution in [0, 0.1) is 11.3 Å². The molecule has 2 N–H and O–H groups in total. The molecule has 1 aliphatic carbocycles. The van der Waals surface area contributed by atoms with E-state index in [1.807, 2.05) is 0 Å². The van der Waals surface area contributed by atoms with Gasteiger partial charge >= 0.3 is 5.97 Å². The molecule has 4 nitrogen and oxygen atoms in total. The number of primary amides is 1. The zero-order valence-corrected chi connectivity index (χ0v) is 6.87. The maximum Gasteiger partial charge on any atom is 0.321 e. The second-order valence-corrected chi connectivity index (χ2v) is 2.87. The summed E-state index contributed by atoms with van der Waals surface area (Å²) in [4.78, 5) is 22.1. The van der Waals surface area contributed by atoms with E-state index < -0.39 is 17.3 Å². The van der Waals surface area contributed by atoms with Crippen LogP contribution in [0.5, 0.6) is 0 Å². The van der Waals surface area contributed by atoms with Crippen LogP contribution in [0.1, 0.15) is 6.42 Å². The van der Waals surface area contributed by atoms with Crippen LogP contribution in [0.2, 0.25) is 0 Å². The number of amides is 1. The first kappa shape index (κ1) is 8.77. The summed E-state index contributed by atoms with van der Waals surface area (Å²) in [5.41, 5.74) is 3.97. The zero-order chi connectivity index (χ0) is 9.35. The lowest BCUT2D eigenvalue weighted by molar-refractivity contribution is -0.151. The Hall–Kier alpha value is -1.32. The molecule has 4 heteroatoms. The third kappa shape index (κ3) is 0.913. The Morgan fingerprint density at radius 1 is 1.75 bits per heavy atom. The van der Waals surface area contributed by atoms with Gasteiger partial charge in [0.1, 0.15) is 0 Å². The van der Waals surface area contributed by atoms with Crippen molar-refractivity contribution in [3.8, 4) is 0 Å². The molecule has 0 aliphatic heterocycles. The third-order valence-electron chi connectivity index (χ3n) is 2.29. The number of hydrogen-bond donors (Lipinski definition) is 1. The fraction of sp³-hybridized carbons (Fsp3) is 0.500. The number of rotatable bonds is 3. The molecule has 1 fully saturated rings. The van der Waals surface area contributed by atoms with Crippen molar-refractivity contribution < 1.29 is 14.3 Å². The van der Waals surface area contributed by atoms with Crippen LogP contribution in [0.25, 0.3) is 0 Å². The van der Waals surface area contributed by atoms with E-state index in [4.69, 9.17) is 5.73 Å².